The van der Waals surface area contributed by atoms with E-state index in [0.29, 0.717) is 28.7 Å². The number of carbonyl (C=O) groups excluding carboxylic acids is 1. The predicted octanol–water partition coefficient (Wildman–Crippen LogP) is 4.88. The van der Waals surface area contributed by atoms with Gasteiger partial charge in [0.1, 0.15) is 0 Å². The van der Waals surface area contributed by atoms with Gasteiger partial charge in [0.15, 0.2) is 16.6 Å². The summed E-state index contributed by atoms with van der Waals surface area (Å²) in [7, 11) is 0. The maximum absolute atomic E-state index is 13.6. The van der Waals surface area contributed by atoms with Crippen LogP contribution in [0.3, 0.4) is 0 Å². The number of rotatable bonds is 4. The van der Waals surface area contributed by atoms with Crippen molar-refractivity contribution in [2.24, 2.45) is 0 Å². The summed E-state index contributed by atoms with van der Waals surface area (Å²) in [5.41, 5.74) is 4.63. The molecular weight excluding hydrogens is 398 g/mol. The fourth-order valence-corrected chi connectivity index (χ4v) is 4.56. The minimum atomic E-state index is -0.147. The van der Waals surface area contributed by atoms with Gasteiger partial charge in [-0.05, 0) is 54.8 Å². The Balaban J connectivity index is 1.59. The Morgan fingerprint density at radius 1 is 1.10 bits per heavy atom. The number of hydrogen-bond acceptors (Lipinski definition) is 6. The summed E-state index contributed by atoms with van der Waals surface area (Å²) in [4.78, 5) is 24.3. The van der Waals surface area contributed by atoms with E-state index in [-0.39, 0.29) is 12.7 Å². The Morgan fingerprint density at radius 2 is 1.93 bits per heavy atom. The lowest BCUT2D eigenvalue weighted by atomic mass is 10.1. The lowest BCUT2D eigenvalue weighted by Gasteiger charge is -2.20. The van der Waals surface area contributed by atoms with E-state index in [0.717, 1.165) is 26.9 Å². The SMILES string of the molecule is Cc1ccc(C)c2sc(N(Cc3cccnc3)C(=O)c3ccc4c(c3)OCO4)nc12. The Bertz CT molecular complexity index is 1210. The highest BCUT2D eigenvalue weighted by Gasteiger charge is 2.25. The van der Waals surface area contributed by atoms with Crippen molar-refractivity contribution in [2.75, 3.05) is 11.7 Å². The topological polar surface area (TPSA) is 64.6 Å². The van der Waals surface area contributed by atoms with Crippen LogP contribution in [0.5, 0.6) is 11.5 Å². The molecule has 0 saturated heterocycles. The van der Waals surface area contributed by atoms with Crippen molar-refractivity contribution in [3.63, 3.8) is 0 Å². The van der Waals surface area contributed by atoms with Gasteiger partial charge in [-0.25, -0.2) is 4.98 Å². The van der Waals surface area contributed by atoms with E-state index in [4.69, 9.17) is 14.5 Å². The van der Waals surface area contributed by atoms with Gasteiger partial charge in [0.25, 0.3) is 5.91 Å². The molecular formula is C23H19N3O3S. The molecule has 0 unspecified atom stereocenters. The van der Waals surface area contributed by atoms with Gasteiger partial charge in [-0.1, -0.05) is 29.5 Å². The molecule has 1 aliphatic rings. The van der Waals surface area contributed by atoms with Crippen LogP contribution < -0.4 is 14.4 Å². The molecule has 0 fully saturated rings. The van der Waals surface area contributed by atoms with Crippen LogP contribution in [0.15, 0.2) is 54.9 Å². The Hall–Kier alpha value is -3.45. The normalized spacial score (nSPS) is 12.3. The van der Waals surface area contributed by atoms with Crippen LogP contribution in [0.4, 0.5) is 5.13 Å². The first-order chi connectivity index (χ1) is 14.6. The van der Waals surface area contributed by atoms with E-state index < -0.39 is 0 Å². The Labute approximate surface area is 177 Å². The third-order valence-corrected chi connectivity index (χ3v) is 6.30. The molecule has 150 valence electrons. The fourth-order valence-electron chi connectivity index (χ4n) is 3.45. The lowest BCUT2D eigenvalue weighted by molar-refractivity contribution is 0.0984. The number of fused-ring (bicyclic) bond motifs is 2. The molecule has 1 amide bonds. The molecule has 6 nitrogen and oxygen atoms in total. The molecule has 0 N–H and O–H groups in total. The smallest absolute Gasteiger partial charge is 0.260 e. The molecule has 0 aliphatic carbocycles. The molecule has 0 atom stereocenters. The number of carbonyl (C=O) groups is 1. The van der Waals surface area contributed by atoms with Gasteiger partial charge in [-0.2, -0.15) is 0 Å². The van der Waals surface area contributed by atoms with Crippen molar-refractivity contribution in [1.29, 1.82) is 0 Å². The number of nitrogens with zero attached hydrogens (tertiary/aromatic N) is 3. The number of ether oxygens (including phenoxy) is 2. The van der Waals surface area contributed by atoms with Crippen molar-refractivity contribution >= 4 is 32.6 Å². The Morgan fingerprint density at radius 3 is 2.73 bits per heavy atom. The number of amides is 1. The number of pyridine rings is 1. The van der Waals surface area contributed by atoms with Crippen molar-refractivity contribution < 1.29 is 14.3 Å². The van der Waals surface area contributed by atoms with Gasteiger partial charge in [0.05, 0.1) is 16.8 Å². The fraction of sp³-hybridized carbons (Fsp3) is 0.174. The number of aryl methyl sites for hydroxylation is 2. The van der Waals surface area contributed by atoms with Crippen LogP contribution in [0.2, 0.25) is 0 Å². The Kier molecular flexibility index (Phi) is 4.59. The lowest BCUT2D eigenvalue weighted by Crippen LogP contribution is -2.30. The minimum absolute atomic E-state index is 0.147. The molecule has 5 rings (SSSR count). The van der Waals surface area contributed by atoms with Crippen LogP contribution in [0.1, 0.15) is 27.0 Å². The van der Waals surface area contributed by atoms with Crippen molar-refractivity contribution in [3.05, 3.63) is 77.1 Å². The molecule has 0 spiro atoms. The number of thiazole rings is 1. The van der Waals surface area contributed by atoms with Crippen molar-refractivity contribution in [3.8, 4) is 11.5 Å². The van der Waals surface area contributed by atoms with E-state index in [1.807, 2.05) is 19.1 Å². The van der Waals surface area contributed by atoms with Gasteiger partial charge in [0.2, 0.25) is 6.79 Å². The van der Waals surface area contributed by atoms with Crippen LogP contribution in [0.25, 0.3) is 10.2 Å². The monoisotopic (exact) mass is 417 g/mol. The standard InChI is InChI=1S/C23H19N3O3S/c1-14-5-6-15(2)21-20(14)25-23(30-21)26(12-16-4-3-9-24-11-16)22(27)17-7-8-18-19(10-17)29-13-28-18/h3-11H,12-13H2,1-2H3. The first kappa shape index (κ1) is 18.6. The molecule has 30 heavy (non-hydrogen) atoms. The first-order valence-electron chi connectivity index (χ1n) is 9.57. The summed E-state index contributed by atoms with van der Waals surface area (Å²) in [5, 5.41) is 0.661. The zero-order chi connectivity index (χ0) is 20.7. The largest absolute Gasteiger partial charge is 0.454 e. The number of hydrogen-bond donors (Lipinski definition) is 0. The van der Waals surface area contributed by atoms with Gasteiger partial charge < -0.3 is 9.47 Å². The third-order valence-electron chi connectivity index (χ3n) is 5.09. The summed E-state index contributed by atoms with van der Waals surface area (Å²) in [6.45, 7) is 4.65. The summed E-state index contributed by atoms with van der Waals surface area (Å²) < 4.78 is 11.9. The summed E-state index contributed by atoms with van der Waals surface area (Å²) in [5.74, 6) is 1.08. The molecule has 4 aromatic rings. The summed E-state index contributed by atoms with van der Waals surface area (Å²) in [6.07, 6.45) is 3.49. The van der Waals surface area contributed by atoms with Crippen LogP contribution in [-0.2, 0) is 6.54 Å². The maximum atomic E-state index is 13.6. The zero-order valence-electron chi connectivity index (χ0n) is 16.6. The first-order valence-corrected chi connectivity index (χ1v) is 10.4. The van der Waals surface area contributed by atoms with E-state index in [2.05, 4.69) is 24.0 Å². The van der Waals surface area contributed by atoms with E-state index in [9.17, 15) is 4.79 Å². The molecule has 0 bridgehead atoms. The van der Waals surface area contributed by atoms with E-state index in [1.54, 1.807) is 35.5 Å². The quantitative estimate of drug-likeness (QED) is 0.473. The van der Waals surface area contributed by atoms with E-state index in [1.165, 1.54) is 11.3 Å². The predicted molar refractivity (Wildman–Crippen MR) is 116 cm³/mol. The average Bonchev–Trinajstić information content (AvgIpc) is 3.42. The molecule has 3 heterocycles. The second kappa shape index (κ2) is 7.42. The minimum Gasteiger partial charge on any atom is -0.454 e. The molecule has 0 saturated carbocycles. The van der Waals surface area contributed by atoms with Crippen LogP contribution in [0, 0.1) is 13.8 Å². The summed E-state index contributed by atoms with van der Waals surface area (Å²) in [6, 6.07) is 13.2. The molecule has 1 aliphatic heterocycles. The highest BCUT2D eigenvalue weighted by atomic mass is 32.1. The van der Waals surface area contributed by atoms with Crippen LogP contribution >= 0.6 is 11.3 Å². The molecule has 0 radical (unpaired) electrons. The van der Waals surface area contributed by atoms with Crippen molar-refractivity contribution in [1.82, 2.24) is 9.97 Å². The zero-order valence-corrected chi connectivity index (χ0v) is 17.4. The third kappa shape index (κ3) is 3.27. The average molecular weight is 417 g/mol. The molecule has 2 aromatic carbocycles. The maximum Gasteiger partial charge on any atom is 0.260 e. The molecule has 2 aromatic heterocycles. The highest BCUT2D eigenvalue weighted by Crippen LogP contribution is 2.36. The number of anilines is 1. The number of benzene rings is 2. The van der Waals surface area contributed by atoms with Crippen LogP contribution in [-0.4, -0.2) is 22.7 Å². The highest BCUT2D eigenvalue weighted by molar-refractivity contribution is 7.22. The summed E-state index contributed by atoms with van der Waals surface area (Å²) >= 11 is 1.53. The van der Waals surface area contributed by atoms with E-state index >= 15 is 0 Å². The van der Waals surface area contributed by atoms with Gasteiger partial charge in [-0.15, -0.1) is 0 Å². The van der Waals surface area contributed by atoms with Gasteiger partial charge in [-0.3, -0.25) is 14.7 Å². The van der Waals surface area contributed by atoms with Crippen molar-refractivity contribution in [2.45, 2.75) is 20.4 Å². The second-order valence-corrected chi connectivity index (χ2v) is 8.17. The van der Waals surface area contributed by atoms with Gasteiger partial charge in [0, 0.05) is 18.0 Å². The number of aromatic nitrogens is 2. The second-order valence-electron chi connectivity index (χ2n) is 7.19. The molecule has 7 heteroatoms. The van der Waals surface area contributed by atoms with Gasteiger partial charge >= 0.3 is 0 Å².